The fourth-order valence-electron chi connectivity index (χ4n) is 0.534. The Kier molecular flexibility index (Phi) is 3.38. The van der Waals surface area contributed by atoms with Gasteiger partial charge in [-0.1, -0.05) is 6.07 Å². The molecule has 40 valence electrons. The van der Waals surface area contributed by atoms with Crippen LogP contribution in [0.3, 0.4) is 0 Å². The molecule has 0 amide bonds. The van der Waals surface area contributed by atoms with E-state index in [1.54, 1.807) is 0 Å². The van der Waals surface area contributed by atoms with Crippen molar-refractivity contribution in [1.82, 2.24) is 0 Å². The van der Waals surface area contributed by atoms with Crippen molar-refractivity contribution in [1.29, 1.82) is 0 Å². The maximum absolute atomic E-state index is 5.46. The van der Waals surface area contributed by atoms with E-state index in [-0.39, 0.29) is 18.9 Å². The first kappa shape index (κ1) is 8.56. The van der Waals surface area contributed by atoms with Crippen LogP contribution in [0.25, 0.3) is 13.2 Å². The van der Waals surface area contributed by atoms with Crippen LogP contribution >= 0.6 is 0 Å². The molecule has 0 aliphatic rings. The summed E-state index contributed by atoms with van der Waals surface area (Å²) < 4.78 is 0. The van der Waals surface area contributed by atoms with Gasteiger partial charge in [0.05, 0.1) is 0 Å². The minimum absolute atomic E-state index is 0. The van der Waals surface area contributed by atoms with E-state index >= 15 is 0 Å². The molecule has 0 aromatic heterocycles. The van der Waals surface area contributed by atoms with Gasteiger partial charge in [-0.05, 0) is 0 Å². The first-order valence-corrected chi connectivity index (χ1v) is 2.47. The van der Waals surface area contributed by atoms with Crippen molar-refractivity contribution in [3.8, 4) is 0 Å². The summed E-state index contributed by atoms with van der Waals surface area (Å²) in [5.74, 6) is 0. The zero-order valence-electron chi connectivity index (χ0n) is 5.59. The summed E-state index contributed by atoms with van der Waals surface area (Å²) in [6.45, 7) is 9.15. The Morgan fingerprint density at radius 2 is 1.78 bits per heavy atom. The Bertz CT molecular complexity index is 235. The second-order valence-corrected chi connectivity index (χ2v) is 1.70. The fraction of sp³-hybridized carbons (Fsp3) is 0. The molecule has 0 nitrogen and oxygen atoms in total. The monoisotopic (exact) mass is 110 g/mol. The smallest absolute Gasteiger partial charge is 0.218 e. The standard InChI is InChI=1S/C8H7.Li/c1-7-5-3-4-6-8(7)2;/h1,3-6H,2H2;/q-1;+1. The van der Waals surface area contributed by atoms with Crippen molar-refractivity contribution in [2.75, 3.05) is 0 Å². The summed E-state index contributed by atoms with van der Waals surface area (Å²) in [5, 5.41) is 1.65. The molecule has 9 heavy (non-hydrogen) atoms. The first-order chi connectivity index (χ1) is 3.80. The second-order valence-electron chi connectivity index (χ2n) is 1.70. The third-order valence-corrected chi connectivity index (χ3v) is 1.06. The minimum Gasteiger partial charge on any atom is -0.218 e. The molecule has 0 atom stereocenters. The van der Waals surface area contributed by atoms with Gasteiger partial charge >= 0.3 is 18.9 Å². The van der Waals surface area contributed by atoms with Crippen LogP contribution in [0, 0.1) is 0 Å². The molecular formula is C8H7Li. The van der Waals surface area contributed by atoms with Gasteiger partial charge in [-0.25, -0.2) is 6.58 Å². The summed E-state index contributed by atoms with van der Waals surface area (Å²) in [6, 6.07) is 7.53. The largest absolute Gasteiger partial charge is 1.00 e. The molecule has 0 radical (unpaired) electrons. The van der Waals surface area contributed by atoms with E-state index in [4.69, 9.17) is 6.58 Å². The van der Waals surface area contributed by atoms with Gasteiger partial charge in [0.2, 0.25) is 0 Å². The molecule has 0 saturated heterocycles. The van der Waals surface area contributed by atoms with E-state index in [2.05, 4.69) is 6.58 Å². The summed E-state index contributed by atoms with van der Waals surface area (Å²) >= 11 is 0. The predicted molar refractivity (Wildman–Crippen MR) is 35.7 cm³/mol. The van der Waals surface area contributed by atoms with Crippen molar-refractivity contribution in [3.05, 3.63) is 34.7 Å². The maximum Gasteiger partial charge on any atom is 1.00 e. The van der Waals surface area contributed by atoms with Crippen molar-refractivity contribution in [2.24, 2.45) is 0 Å². The molecular weight excluding hydrogens is 103 g/mol. The van der Waals surface area contributed by atoms with E-state index in [9.17, 15) is 0 Å². The van der Waals surface area contributed by atoms with Gasteiger partial charge in [0.25, 0.3) is 0 Å². The molecule has 1 aromatic carbocycles. The number of hydrogen-bond acceptors (Lipinski definition) is 0. The average molecular weight is 110 g/mol. The van der Waals surface area contributed by atoms with Gasteiger partial charge in [0, 0.05) is 0 Å². The van der Waals surface area contributed by atoms with Gasteiger partial charge in [-0.3, -0.25) is 0 Å². The van der Waals surface area contributed by atoms with Gasteiger partial charge < -0.3 is 0 Å². The maximum atomic E-state index is 5.46. The van der Waals surface area contributed by atoms with Crippen LogP contribution in [-0.2, 0) is 0 Å². The molecule has 0 spiro atoms. The SMILES string of the molecule is [CH-]=c1ccccc1=C.[Li+]. The van der Waals surface area contributed by atoms with Crippen LogP contribution in [0.2, 0.25) is 0 Å². The van der Waals surface area contributed by atoms with Gasteiger partial charge in [0.1, 0.15) is 0 Å². The van der Waals surface area contributed by atoms with Crippen molar-refractivity contribution in [3.63, 3.8) is 0 Å². The molecule has 0 saturated carbocycles. The average Bonchev–Trinajstić information content (AvgIpc) is 1.77. The summed E-state index contributed by atoms with van der Waals surface area (Å²) in [7, 11) is 0. The number of hydrogen-bond donors (Lipinski definition) is 0. The zero-order chi connectivity index (χ0) is 5.98. The van der Waals surface area contributed by atoms with E-state index in [0.717, 1.165) is 10.4 Å². The van der Waals surface area contributed by atoms with Crippen molar-refractivity contribution in [2.45, 2.75) is 0 Å². The molecule has 0 aliphatic carbocycles. The van der Waals surface area contributed by atoms with E-state index in [1.165, 1.54) is 0 Å². The molecule has 1 aromatic rings. The second kappa shape index (κ2) is 3.56. The number of rotatable bonds is 0. The van der Waals surface area contributed by atoms with Crippen LogP contribution in [0.15, 0.2) is 24.3 Å². The van der Waals surface area contributed by atoms with E-state index < -0.39 is 0 Å². The van der Waals surface area contributed by atoms with Crippen LogP contribution in [-0.4, -0.2) is 0 Å². The minimum atomic E-state index is 0. The van der Waals surface area contributed by atoms with E-state index in [1.807, 2.05) is 24.3 Å². The van der Waals surface area contributed by atoms with Crippen molar-refractivity contribution >= 4 is 13.2 Å². The fourth-order valence-corrected chi connectivity index (χ4v) is 0.534. The van der Waals surface area contributed by atoms with Gasteiger partial charge in [0.15, 0.2) is 0 Å². The first-order valence-electron chi connectivity index (χ1n) is 2.47. The molecule has 1 rings (SSSR count). The number of benzene rings is 1. The summed E-state index contributed by atoms with van der Waals surface area (Å²) in [6.07, 6.45) is 0. The Labute approximate surface area is 67.1 Å². The molecule has 0 aliphatic heterocycles. The zero-order valence-corrected chi connectivity index (χ0v) is 5.59. The molecule has 0 heterocycles. The molecule has 0 fully saturated rings. The van der Waals surface area contributed by atoms with Crippen LogP contribution < -0.4 is 29.3 Å². The Morgan fingerprint density at radius 3 is 2.11 bits per heavy atom. The molecule has 0 N–H and O–H groups in total. The Balaban J connectivity index is 0.000000640. The quantitative estimate of drug-likeness (QED) is 0.253. The van der Waals surface area contributed by atoms with Crippen LogP contribution in [0.4, 0.5) is 0 Å². The third kappa shape index (κ3) is 2.09. The molecule has 0 bridgehead atoms. The Hall–Kier alpha value is -0.443. The van der Waals surface area contributed by atoms with Gasteiger partial charge in [-0.15, -0.1) is 23.9 Å². The topological polar surface area (TPSA) is 0 Å². The summed E-state index contributed by atoms with van der Waals surface area (Å²) in [4.78, 5) is 0. The van der Waals surface area contributed by atoms with E-state index in [0.29, 0.717) is 0 Å². The van der Waals surface area contributed by atoms with Crippen LogP contribution in [0.1, 0.15) is 0 Å². The van der Waals surface area contributed by atoms with Crippen molar-refractivity contribution < 1.29 is 18.9 Å². The third-order valence-electron chi connectivity index (χ3n) is 1.06. The molecule has 1 heteroatoms. The Morgan fingerprint density at radius 1 is 1.22 bits per heavy atom. The normalized spacial score (nSPS) is 8.00. The summed E-state index contributed by atoms with van der Waals surface area (Å²) in [5.41, 5.74) is 0. The van der Waals surface area contributed by atoms with Gasteiger partial charge in [-0.2, -0.15) is 11.3 Å². The van der Waals surface area contributed by atoms with Crippen LogP contribution in [0.5, 0.6) is 0 Å². The molecule has 0 unspecified atom stereocenters. The predicted octanol–water partition coefficient (Wildman–Crippen LogP) is -2.61.